The second kappa shape index (κ2) is 10.3. The predicted molar refractivity (Wildman–Crippen MR) is 124 cm³/mol. The molecular weight excluding hydrogens is 424 g/mol. The molecule has 2 aliphatic rings. The van der Waals surface area contributed by atoms with E-state index in [-0.39, 0.29) is 23.5 Å². The van der Waals surface area contributed by atoms with E-state index in [9.17, 15) is 14.4 Å². The molecule has 0 N–H and O–H groups in total. The van der Waals surface area contributed by atoms with Crippen LogP contribution in [0.15, 0.2) is 54.6 Å². The highest BCUT2D eigenvalue weighted by atomic mass is 35.5. The van der Waals surface area contributed by atoms with E-state index in [4.69, 9.17) is 11.6 Å². The standard InChI is InChI=1S/C26H29ClN2O3/c27-17-24(30)22-13-7-15-28(22)26(32)23-16-20-11-4-5-12-21(20)18-29(23)25(31)14-6-10-19-8-2-1-3-9-19/h1-5,8-9,11-12,22-23H,6-7,10,13-18H2/t22-,23-/m0/s1. The molecule has 0 radical (unpaired) electrons. The number of hydrogen-bond donors (Lipinski definition) is 0. The Kier molecular flexibility index (Phi) is 7.26. The second-order valence-electron chi connectivity index (χ2n) is 8.64. The van der Waals surface area contributed by atoms with Crippen molar-refractivity contribution in [2.75, 3.05) is 12.4 Å². The molecule has 32 heavy (non-hydrogen) atoms. The lowest BCUT2D eigenvalue weighted by Gasteiger charge is -2.39. The van der Waals surface area contributed by atoms with Gasteiger partial charge in [-0.2, -0.15) is 0 Å². The highest BCUT2D eigenvalue weighted by Gasteiger charge is 2.41. The maximum absolute atomic E-state index is 13.6. The van der Waals surface area contributed by atoms with Crippen LogP contribution in [0.25, 0.3) is 0 Å². The molecular formula is C26H29ClN2O3. The normalized spacial score (nSPS) is 20.2. The van der Waals surface area contributed by atoms with Crippen molar-refractivity contribution in [1.29, 1.82) is 0 Å². The van der Waals surface area contributed by atoms with E-state index >= 15 is 0 Å². The number of aryl methyl sites for hydroxylation is 1. The van der Waals surface area contributed by atoms with Gasteiger partial charge < -0.3 is 9.80 Å². The largest absolute Gasteiger partial charge is 0.331 e. The first-order valence-electron chi connectivity index (χ1n) is 11.4. The van der Waals surface area contributed by atoms with E-state index < -0.39 is 12.1 Å². The van der Waals surface area contributed by atoms with Gasteiger partial charge in [0, 0.05) is 25.9 Å². The number of rotatable bonds is 7. The zero-order valence-electron chi connectivity index (χ0n) is 18.2. The third kappa shape index (κ3) is 4.88. The monoisotopic (exact) mass is 452 g/mol. The molecule has 5 nitrogen and oxygen atoms in total. The number of alkyl halides is 1. The minimum Gasteiger partial charge on any atom is -0.331 e. The van der Waals surface area contributed by atoms with Gasteiger partial charge >= 0.3 is 0 Å². The molecule has 168 valence electrons. The van der Waals surface area contributed by atoms with Crippen LogP contribution >= 0.6 is 11.6 Å². The minimum absolute atomic E-state index is 0.00630. The Morgan fingerprint density at radius 3 is 2.38 bits per heavy atom. The maximum Gasteiger partial charge on any atom is 0.246 e. The Labute approximate surface area is 194 Å². The van der Waals surface area contributed by atoms with Crippen LogP contribution in [0, 0.1) is 0 Å². The van der Waals surface area contributed by atoms with Crippen molar-refractivity contribution >= 4 is 29.2 Å². The van der Waals surface area contributed by atoms with Gasteiger partial charge in [-0.05, 0) is 42.4 Å². The molecule has 2 heterocycles. The fraction of sp³-hybridized carbons (Fsp3) is 0.423. The molecule has 2 aromatic rings. The van der Waals surface area contributed by atoms with Crippen molar-refractivity contribution in [2.24, 2.45) is 0 Å². The fourth-order valence-electron chi connectivity index (χ4n) is 4.88. The summed E-state index contributed by atoms with van der Waals surface area (Å²) in [5.74, 6) is -0.344. The molecule has 0 saturated carbocycles. The quantitative estimate of drug-likeness (QED) is 0.601. The topological polar surface area (TPSA) is 57.7 Å². The van der Waals surface area contributed by atoms with Gasteiger partial charge in [-0.15, -0.1) is 11.6 Å². The van der Waals surface area contributed by atoms with Crippen molar-refractivity contribution in [3.05, 3.63) is 71.3 Å². The molecule has 1 fully saturated rings. The first-order valence-corrected chi connectivity index (χ1v) is 11.9. The van der Waals surface area contributed by atoms with Crippen molar-refractivity contribution in [3.8, 4) is 0 Å². The van der Waals surface area contributed by atoms with Gasteiger partial charge in [0.15, 0.2) is 5.78 Å². The second-order valence-corrected chi connectivity index (χ2v) is 8.91. The van der Waals surface area contributed by atoms with Gasteiger partial charge in [0.2, 0.25) is 11.8 Å². The van der Waals surface area contributed by atoms with Crippen LogP contribution < -0.4 is 0 Å². The van der Waals surface area contributed by atoms with Gasteiger partial charge in [0.25, 0.3) is 0 Å². The van der Waals surface area contributed by atoms with Crippen molar-refractivity contribution < 1.29 is 14.4 Å². The summed E-state index contributed by atoms with van der Waals surface area (Å²) in [6.45, 7) is 0.971. The van der Waals surface area contributed by atoms with Gasteiger partial charge in [0.05, 0.1) is 11.9 Å². The average molecular weight is 453 g/mol. The number of fused-ring (bicyclic) bond motifs is 1. The predicted octanol–water partition coefficient (Wildman–Crippen LogP) is 3.76. The molecule has 0 bridgehead atoms. The van der Waals surface area contributed by atoms with Crippen LogP contribution in [0.2, 0.25) is 0 Å². The van der Waals surface area contributed by atoms with Crippen LogP contribution in [0.3, 0.4) is 0 Å². The van der Waals surface area contributed by atoms with E-state index in [1.165, 1.54) is 5.56 Å². The Bertz CT molecular complexity index is 978. The number of benzene rings is 2. The zero-order valence-corrected chi connectivity index (χ0v) is 19.0. The van der Waals surface area contributed by atoms with E-state index in [0.29, 0.717) is 32.4 Å². The van der Waals surface area contributed by atoms with Crippen molar-refractivity contribution in [3.63, 3.8) is 0 Å². The minimum atomic E-state index is -0.571. The van der Waals surface area contributed by atoms with Crippen molar-refractivity contribution in [2.45, 2.75) is 57.2 Å². The Hall–Kier alpha value is -2.66. The Balaban J connectivity index is 1.50. The molecule has 0 spiro atoms. The van der Waals surface area contributed by atoms with Crippen molar-refractivity contribution in [1.82, 2.24) is 9.80 Å². The molecule has 0 aliphatic carbocycles. The number of Topliss-reactive ketones (excluding diaryl/α,β-unsaturated/α-hetero) is 1. The number of carbonyl (C=O) groups is 3. The number of nitrogens with zero attached hydrogens (tertiary/aromatic N) is 2. The summed E-state index contributed by atoms with van der Waals surface area (Å²) in [6, 6.07) is 17.1. The number of halogens is 1. The summed E-state index contributed by atoms with van der Waals surface area (Å²) in [4.78, 5) is 42.5. The smallest absolute Gasteiger partial charge is 0.246 e. The lowest BCUT2D eigenvalue weighted by molar-refractivity contribution is -0.149. The van der Waals surface area contributed by atoms with Gasteiger partial charge in [0.1, 0.15) is 6.04 Å². The molecule has 2 atom stereocenters. The van der Waals surface area contributed by atoms with Crippen LogP contribution in [-0.4, -0.2) is 51.9 Å². The summed E-state index contributed by atoms with van der Waals surface area (Å²) in [5, 5.41) is 0. The Morgan fingerprint density at radius 1 is 0.906 bits per heavy atom. The number of carbonyl (C=O) groups excluding carboxylic acids is 3. The molecule has 2 amide bonds. The molecule has 0 unspecified atom stereocenters. The number of hydrogen-bond acceptors (Lipinski definition) is 3. The van der Waals surface area contributed by atoms with E-state index in [0.717, 1.165) is 30.4 Å². The lowest BCUT2D eigenvalue weighted by Crippen LogP contribution is -2.55. The average Bonchev–Trinajstić information content (AvgIpc) is 3.33. The highest BCUT2D eigenvalue weighted by Crippen LogP contribution is 2.28. The van der Waals surface area contributed by atoms with E-state index in [1.54, 1.807) is 9.80 Å². The summed E-state index contributed by atoms with van der Waals surface area (Å²) >= 11 is 5.79. The van der Waals surface area contributed by atoms with E-state index in [2.05, 4.69) is 12.1 Å². The summed E-state index contributed by atoms with van der Waals surface area (Å²) in [7, 11) is 0. The number of ketones is 1. The summed E-state index contributed by atoms with van der Waals surface area (Å²) < 4.78 is 0. The summed E-state index contributed by atoms with van der Waals surface area (Å²) in [6.07, 6.45) is 3.87. The fourth-order valence-corrected chi connectivity index (χ4v) is 5.06. The van der Waals surface area contributed by atoms with Gasteiger partial charge in [-0.3, -0.25) is 14.4 Å². The molecule has 2 aliphatic heterocycles. The number of amides is 2. The molecule has 4 rings (SSSR count). The molecule has 0 aromatic heterocycles. The zero-order chi connectivity index (χ0) is 22.5. The van der Waals surface area contributed by atoms with Gasteiger partial charge in [-0.25, -0.2) is 0 Å². The van der Waals surface area contributed by atoms with Crippen LogP contribution in [-0.2, 0) is 33.8 Å². The maximum atomic E-state index is 13.6. The van der Waals surface area contributed by atoms with Crippen LogP contribution in [0.5, 0.6) is 0 Å². The third-order valence-electron chi connectivity index (χ3n) is 6.59. The SMILES string of the molecule is O=C(CCl)[C@@H]1CCCN1C(=O)[C@@H]1Cc2ccccc2CN1C(=O)CCCc1ccccc1. The van der Waals surface area contributed by atoms with Crippen LogP contribution in [0.4, 0.5) is 0 Å². The summed E-state index contributed by atoms with van der Waals surface area (Å²) in [5.41, 5.74) is 3.39. The number of likely N-dealkylation sites (tertiary alicyclic amines) is 1. The Morgan fingerprint density at radius 2 is 1.62 bits per heavy atom. The molecule has 1 saturated heterocycles. The first kappa shape index (κ1) is 22.5. The van der Waals surface area contributed by atoms with E-state index in [1.807, 2.05) is 42.5 Å². The highest BCUT2D eigenvalue weighted by molar-refractivity contribution is 6.28. The molecule has 6 heteroatoms. The molecule has 2 aromatic carbocycles. The first-order chi connectivity index (χ1) is 15.6. The van der Waals surface area contributed by atoms with Gasteiger partial charge in [-0.1, -0.05) is 54.6 Å². The lowest BCUT2D eigenvalue weighted by atomic mass is 9.92. The third-order valence-corrected chi connectivity index (χ3v) is 6.86. The van der Waals surface area contributed by atoms with Crippen LogP contribution in [0.1, 0.15) is 42.4 Å².